The third kappa shape index (κ3) is 8.07. The normalized spacial score (nSPS) is 15.9. The van der Waals surface area contributed by atoms with Crippen LogP contribution in [0.25, 0.3) is 0 Å². The minimum Gasteiger partial charge on any atom is -0.488 e. The van der Waals surface area contributed by atoms with E-state index in [9.17, 15) is 49.5 Å². The summed E-state index contributed by atoms with van der Waals surface area (Å²) >= 11 is 0. The lowest BCUT2D eigenvalue weighted by Gasteiger charge is -2.30. The Bertz CT molecular complexity index is 2290. The number of carboxylic acid groups (broad SMARTS) is 1. The Kier molecular flexibility index (Phi) is 10.3. The van der Waals surface area contributed by atoms with E-state index in [0.717, 1.165) is 60.0 Å². The Morgan fingerprint density at radius 3 is 1.93 bits per heavy atom. The molecule has 1 aromatic heterocycles. The maximum atomic E-state index is 15.1. The number of benzene rings is 3. The van der Waals surface area contributed by atoms with Gasteiger partial charge in [-0.25, -0.2) is 35.2 Å². The van der Waals surface area contributed by atoms with Crippen molar-refractivity contribution in [1.29, 1.82) is 0 Å². The molecule has 56 heavy (non-hydrogen) atoms. The molecule has 3 aliphatic rings. The van der Waals surface area contributed by atoms with Crippen molar-refractivity contribution in [3.63, 3.8) is 0 Å². The highest BCUT2D eigenvalue weighted by molar-refractivity contribution is 7.89. The monoisotopic (exact) mass is 809 g/mol. The number of pyridine rings is 1. The van der Waals surface area contributed by atoms with Crippen LogP contribution in [0.5, 0.6) is 5.75 Å². The van der Waals surface area contributed by atoms with Crippen LogP contribution >= 0.6 is 0 Å². The van der Waals surface area contributed by atoms with Gasteiger partial charge in [-0.1, -0.05) is 18.2 Å². The predicted octanol–water partition coefficient (Wildman–Crippen LogP) is 8.21. The third-order valence-electron chi connectivity index (χ3n) is 9.73. The van der Waals surface area contributed by atoms with E-state index in [4.69, 9.17) is 4.74 Å². The summed E-state index contributed by atoms with van der Waals surface area (Å²) in [5, 5.41) is 9.71. The Labute approximate surface area is 314 Å². The summed E-state index contributed by atoms with van der Waals surface area (Å²) in [7, 11) is -6.04. The molecule has 0 unspecified atom stereocenters. The SMILES string of the molecule is O=C(O)c1ccc(N(Cc2cc(C3CC3)cc(C3CC3)c2)C(=O)CN(Cc2cnccc2C(F)(F)F)S(=O)(=O)c2c(F)c(F)c(F)c(F)c2F)c(OC2CC2)c1. The van der Waals surface area contributed by atoms with Crippen LogP contribution in [-0.2, 0) is 34.1 Å². The fourth-order valence-electron chi connectivity index (χ4n) is 6.38. The summed E-state index contributed by atoms with van der Waals surface area (Å²) in [6.07, 6.45) is 0.662. The van der Waals surface area contributed by atoms with Crippen LogP contribution in [0.15, 0.2) is 59.8 Å². The maximum absolute atomic E-state index is 15.1. The molecule has 3 saturated carbocycles. The number of hydrogen-bond donors (Lipinski definition) is 1. The summed E-state index contributed by atoms with van der Waals surface area (Å²) in [6.45, 7) is -3.30. The second-order valence-electron chi connectivity index (χ2n) is 14.0. The molecular formula is C38H31F8N3O6S. The van der Waals surface area contributed by atoms with Gasteiger partial charge in [0.25, 0.3) is 0 Å². The highest BCUT2D eigenvalue weighted by Crippen LogP contribution is 2.46. The number of aromatic carboxylic acids is 1. The fourth-order valence-corrected chi connectivity index (χ4v) is 7.86. The molecule has 1 amide bonds. The van der Waals surface area contributed by atoms with Gasteiger partial charge in [0.15, 0.2) is 28.2 Å². The molecule has 0 saturated heterocycles. The number of sulfonamides is 1. The number of amides is 1. The third-order valence-corrected chi connectivity index (χ3v) is 11.5. The van der Waals surface area contributed by atoms with E-state index in [0.29, 0.717) is 30.7 Å². The molecule has 296 valence electrons. The van der Waals surface area contributed by atoms with Gasteiger partial charge in [0.2, 0.25) is 21.7 Å². The van der Waals surface area contributed by atoms with E-state index < -0.39 is 86.3 Å². The number of halogens is 8. The van der Waals surface area contributed by atoms with Crippen molar-refractivity contribution in [1.82, 2.24) is 9.29 Å². The first-order valence-corrected chi connectivity index (χ1v) is 18.9. The van der Waals surface area contributed by atoms with Crippen LogP contribution < -0.4 is 9.64 Å². The number of ether oxygens (including phenoxy) is 1. The smallest absolute Gasteiger partial charge is 0.416 e. The van der Waals surface area contributed by atoms with E-state index in [1.165, 1.54) is 6.07 Å². The van der Waals surface area contributed by atoms with Gasteiger partial charge >= 0.3 is 12.1 Å². The Morgan fingerprint density at radius 1 is 0.804 bits per heavy atom. The average molecular weight is 810 g/mol. The minimum atomic E-state index is -6.04. The molecule has 0 atom stereocenters. The molecule has 9 nitrogen and oxygen atoms in total. The quantitative estimate of drug-likeness (QED) is 0.0776. The largest absolute Gasteiger partial charge is 0.488 e. The van der Waals surface area contributed by atoms with Crippen molar-refractivity contribution in [2.24, 2.45) is 0 Å². The lowest BCUT2D eigenvalue weighted by Crippen LogP contribution is -2.43. The van der Waals surface area contributed by atoms with E-state index in [2.05, 4.69) is 11.1 Å². The number of anilines is 1. The van der Waals surface area contributed by atoms with Gasteiger partial charge in [-0.05, 0) is 96.9 Å². The number of alkyl halides is 3. The molecule has 3 aliphatic carbocycles. The summed E-state index contributed by atoms with van der Waals surface area (Å²) < 4.78 is 149. The van der Waals surface area contributed by atoms with Gasteiger partial charge in [0.05, 0.1) is 36.0 Å². The lowest BCUT2D eigenvalue weighted by atomic mass is 9.99. The zero-order valence-electron chi connectivity index (χ0n) is 29.1. The van der Waals surface area contributed by atoms with Gasteiger partial charge < -0.3 is 14.7 Å². The highest BCUT2D eigenvalue weighted by atomic mass is 32.2. The number of nitrogens with zero attached hydrogens (tertiary/aromatic N) is 3. The average Bonchev–Trinajstić information content (AvgIpc) is 3.99. The lowest BCUT2D eigenvalue weighted by molar-refractivity contribution is -0.138. The van der Waals surface area contributed by atoms with E-state index in [1.54, 1.807) is 0 Å². The second-order valence-corrected chi connectivity index (χ2v) is 15.9. The molecule has 0 spiro atoms. The topological polar surface area (TPSA) is 117 Å². The first kappa shape index (κ1) is 39.1. The van der Waals surface area contributed by atoms with Crippen molar-refractivity contribution in [3.8, 4) is 5.75 Å². The first-order chi connectivity index (χ1) is 26.4. The molecule has 7 rings (SSSR count). The van der Waals surface area contributed by atoms with Crippen molar-refractivity contribution in [2.75, 3.05) is 11.4 Å². The molecule has 1 N–H and O–H groups in total. The number of carbonyl (C=O) groups is 2. The van der Waals surface area contributed by atoms with E-state index in [-0.39, 0.29) is 45.8 Å². The predicted molar refractivity (Wildman–Crippen MR) is 182 cm³/mol. The van der Waals surface area contributed by atoms with Gasteiger partial charge in [-0.3, -0.25) is 9.78 Å². The Balaban J connectivity index is 1.36. The maximum Gasteiger partial charge on any atom is 0.416 e. The number of carbonyl (C=O) groups excluding carboxylic acids is 1. The Hall–Kier alpha value is -5.10. The summed E-state index contributed by atoms with van der Waals surface area (Å²) in [4.78, 5) is 28.7. The van der Waals surface area contributed by atoms with Crippen LogP contribution in [0.1, 0.15) is 88.5 Å². The van der Waals surface area contributed by atoms with Gasteiger partial charge in [0.1, 0.15) is 5.75 Å². The number of rotatable bonds is 14. The molecular weight excluding hydrogens is 778 g/mol. The molecule has 0 aliphatic heterocycles. The van der Waals surface area contributed by atoms with E-state index >= 15 is 8.78 Å². The van der Waals surface area contributed by atoms with Gasteiger partial charge in [0, 0.05) is 18.9 Å². The minimum absolute atomic E-state index is 0.0809. The van der Waals surface area contributed by atoms with Crippen molar-refractivity contribution >= 4 is 27.6 Å². The number of hydrogen-bond acceptors (Lipinski definition) is 6. The molecule has 1 heterocycles. The van der Waals surface area contributed by atoms with Crippen LogP contribution in [0.4, 0.5) is 40.8 Å². The number of aromatic nitrogens is 1. The molecule has 18 heteroatoms. The van der Waals surface area contributed by atoms with Crippen LogP contribution in [0.3, 0.4) is 0 Å². The fraction of sp³-hybridized carbons (Fsp3) is 0.342. The standard InChI is InChI=1S/C38H31F8N3O6S/c39-31-32(40)34(42)36(35(43)33(31)41)56(53,54)48(17-25-15-47-10-9-27(25)38(44,45)46)18-30(50)49(28-8-5-22(37(51)52)14-29(28)55-26-6-7-26)16-19-11-23(20-1-2-20)13-24(12-19)21-3-4-21/h5,8-15,20-21,26H,1-4,6-7,16-18H2,(H,51,52). The van der Waals surface area contributed by atoms with Gasteiger partial charge in [-0.2, -0.15) is 17.5 Å². The highest BCUT2D eigenvalue weighted by Gasteiger charge is 2.41. The van der Waals surface area contributed by atoms with Crippen LogP contribution in [-0.4, -0.2) is 47.3 Å². The second kappa shape index (κ2) is 14.8. The molecule has 4 aromatic rings. The molecule has 3 aromatic carbocycles. The molecule has 3 fully saturated rings. The summed E-state index contributed by atoms with van der Waals surface area (Å²) in [5.41, 5.74) is -0.175. The molecule has 0 radical (unpaired) electrons. The summed E-state index contributed by atoms with van der Waals surface area (Å²) in [5.74, 6) is -15.8. The first-order valence-electron chi connectivity index (χ1n) is 17.4. The van der Waals surface area contributed by atoms with Crippen LogP contribution in [0.2, 0.25) is 0 Å². The van der Waals surface area contributed by atoms with Crippen molar-refractivity contribution in [2.45, 2.75) is 80.6 Å². The Morgan fingerprint density at radius 2 is 1.39 bits per heavy atom. The van der Waals surface area contributed by atoms with Gasteiger partial charge in [-0.15, -0.1) is 0 Å². The zero-order chi connectivity index (χ0) is 40.3. The number of carboxylic acids is 1. The zero-order valence-corrected chi connectivity index (χ0v) is 29.9. The van der Waals surface area contributed by atoms with Crippen molar-refractivity contribution < 1.29 is 63.0 Å². The van der Waals surface area contributed by atoms with Crippen LogP contribution in [0, 0.1) is 29.1 Å². The van der Waals surface area contributed by atoms with E-state index in [1.807, 2.05) is 12.1 Å². The molecule has 0 bridgehead atoms. The summed E-state index contributed by atoms with van der Waals surface area (Å²) in [6, 6.07) is 9.72. The van der Waals surface area contributed by atoms with Crippen molar-refractivity contribution in [3.05, 3.63) is 117 Å².